The number of methoxy groups -OCH3 is 2. The monoisotopic (exact) mass is 439 g/mol. The van der Waals surface area contributed by atoms with Gasteiger partial charge in [-0.3, -0.25) is 5.41 Å². The van der Waals surface area contributed by atoms with Crippen LogP contribution >= 0.6 is 11.3 Å². The molecule has 0 saturated carbocycles. The van der Waals surface area contributed by atoms with Crippen LogP contribution in [0.25, 0.3) is 16.8 Å². The lowest BCUT2D eigenvalue weighted by molar-refractivity contribution is 0.293. The average molecular weight is 440 g/mol. The molecule has 0 amide bonds. The van der Waals surface area contributed by atoms with Crippen LogP contribution in [0.2, 0.25) is 0 Å². The molecule has 31 heavy (non-hydrogen) atoms. The van der Waals surface area contributed by atoms with E-state index in [2.05, 4.69) is 6.92 Å². The Morgan fingerprint density at radius 1 is 1.26 bits per heavy atom. The Morgan fingerprint density at radius 3 is 2.77 bits per heavy atom. The molecule has 0 aliphatic carbocycles. The Balaban J connectivity index is 1.50. The van der Waals surface area contributed by atoms with Crippen LogP contribution in [-0.2, 0) is 6.42 Å². The second-order valence-electron chi connectivity index (χ2n) is 7.37. The molecule has 0 spiro atoms. The summed E-state index contributed by atoms with van der Waals surface area (Å²) in [6.07, 6.45) is 3.28. The van der Waals surface area contributed by atoms with Gasteiger partial charge < -0.3 is 23.9 Å². The highest BCUT2D eigenvalue weighted by atomic mass is 32.1. The minimum Gasteiger partial charge on any atom is -0.510 e. The van der Waals surface area contributed by atoms with Gasteiger partial charge >= 0.3 is 0 Å². The molecule has 3 heterocycles. The van der Waals surface area contributed by atoms with Crippen molar-refractivity contribution >= 4 is 22.7 Å². The lowest BCUT2D eigenvalue weighted by Crippen LogP contribution is -2.35. The number of aromatic nitrogens is 1. The first-order chi connectivity index (χ1) is 15.0. The molecule has 0 radical (unpaired) electrons. The fourth-order valence-electron chi connectivity index (χ4n) is 3.68. The number of aryl methyl sites for hydroxylation is 1. The lowest BCUT2D eigenvalue weighted by atomic mass is 10.1. The second-order valence-corrected chi connectivity index (χ2v) is 8.23. The third-order valence-corrected chi connectivity index (χ3v) is 6.31. The Hall–Kier alpha value is -3.26. The largest absolute Gasteiger partial charge is 0.510 e. The quantitative estimate of drug-likeness (QED) is 0.513. The van der Waals surface area contributed by atoms with E-state index >= 15 is 0 Å². The fourth-order valence-corrected chi connectivity index (χ4v) is 4.57. The van der Waals surface area contributed by atoms with Gasteiger partial charge in [0.2, 0.25) is 0 Å². The highest BCUT2D eigenvalue weighted by Gasteiger charge is 2.33. The van der Waals surface area contributed by atoms with Gasteiger partial charge in [-0.2, -0.15) is 0 Å². The van der Waals surface area contributed by atoms with Gasteiger partial charge in [0.05, 0.1) is 38.3 Å². The number of furan rings is 1. The molecule has 7 nitrogen and oxygen atoms in total. The first kappa shape index (κ1) is 21.0. The minimum atomic E-state index is 0.0857. The summed E-state index contributed by atoms with van der Waals surface area (Å²) < 4.78 is 16.1. The van der Waals surface area contributed by atoms with Crippen LogP contribution in [-0.4, -0.2) is 47.6 Å². The number of nitrogens with zero attached hydrogens (tertiary/aromatic N) is 2. The maximum absolute atomic E-state index is 10.6. The van der Waals surface area contributed by atoms with Crippen molar-refractivity contribution in [1.82, 2.24) is 9.88 Å². The summed E-state index contributed by atoms with van der Waals surface area (Å²) in [5, 5.41) is 21.8. The van der Waals surface area contributed by atoms with E-state index in [1.165, 1.54) is 11.3 Å². The molecule has 0 bridgehead atoms. The van der Waals surface area contributed by atoms with Crippen LogP contribution in [0, 0.1) is 5.41 Å². The molecule has 1 aliphatic heterocycles. The van der Waals surface area contributed by atoms with Crippen molar-refractivity contribution in [3.63, 3.8) is 0 Å². The van der Waals surface area contributed by atoms with Gasteiger partial charge in [0, 0.05) is 23.4 Å². The zero-order valence-electron chi connectivity index (χ0n) is 17.7. The van der Waals surface area contributed by atoms with E-state index in [1.54, 1.807) is 20.5 Å². The van der Waals surface area contributed by atoms with Crippen LogP contribution in [0.3, 0.4) is 0 Å². The highest BCUT2D eigenvalue weighted by Crippen LogP contribution is 2.36. The van der Waals surface area contributed by atoms with Gasteiger partial charge in [-0.15, -0.1) is 11.3 Å². The number of amidine groups is 1. The van der Waals surface area contributed by atoms with Crippen LogP contribution in [0.4, 0.5) is 0 Å². The molecule has 2 N–H and O–H groups in total. The molecule has 1 aliphatic rings. The van der Waals surface area contributed by atoms with Crippen molar-refractivity contribution < 1.29 is 19.0 Å². The molecule has 8 heteroatoms. The first-order valence-corrected chi connectivity index (χ1v) is 10.9. The second kappa shape index (κ2) is 8.85. The summed E-state index contributed by atoms with van der Waals surface area (Å²) >= 11 is 1.41. The third kappa shape index (κ3) is 4.16. The predicted octanol–water partition coefficient (Wildman–Crippen LogP) is 5.00. The maximum Gasteiger partial charge on any atom is 0.161 e. The summed E-state index contributed by atoms with van der Waals surface area (Å²) in [5.74, 6) is 2.69. The average Bonchev–Trinajstić information content (AvgIpc) is 3.52. The van der Waals surface area contributed by atoms with Crippen LogP contribution < -0.4 is 9.47 Å². The van der Waals surface area contributed by atoms with Crippen LogP contribution in [0.5, 0.6) is 11.5 Å². The predicted molar refractivity (Wildman–Crippen MR) is 121 cm³/mol. The van der Waals surface area contributed by atoms with Crippen molar-refractivity contribution in [1.29, 1.82) is 5.41 Å². The van der Waals surface area contributed by atoms with E-state index in [0.717, 1.165) is 29.9 Å². The number of benzene rings is 1. The molecule has 1 atom stereocenters. The van der Waals surface area contributed by atoms with Gasteiger partial charge in [0.1, 0.15) is 22.4 Å². The summed E-state index contributed by atoms with van der Waals surface area (Å²) in [4.78, 5) is 6.60. The van der Waals surface area contributed by atoms with E-state index in [0.29, 0.717) is 34.5 Å². The summed E-state index contributed by atoms with van der Waals surface area (Å²) in [6, 6.07) is 9.54. The van der Waals surface area contributed by atoms with E-state index in [4.69, 9.17) is 24.3 Å². The third-order valence-electron chi connectivity index (χ3n) is 5.45. The molecule has 162 valence electrons. The lowest BCUT2D eigenvalue weighted by Gasteiger charge is -2.26. The zero-order valence-corrected chi connectivity index (χ0v) is 18.5. The van der Waals surface area contributed by atoms with Crippen molar-refractivity contribution in [3.8, 4) is 22.8 Å². The number of nitrogens with one attached hydrogen (secondary N) is 1. The van der Waals surface area contributed by atoms with Gasteiger partial charge in [-0.1, -0.05) is 0 Å². The number of thiazole rings is 1. The van der Waals surface area contributed by atoms with Gasteiger partial charge in [0.15, 0.2) is 11.5 Å². The van der Waals surface area contributed by atoms with E-state index < -0.39 is 0 Å². The molecule has 2 aromatic heterocycles. The summed E-state index contributed by atoms with van der Waals surface area (Å²) in [6.45, 7) is 2.38. The smallest absolute Gasteiger partial charge is 0.161 e. The van der Waals surface area contributed by atoms with Crippen LogP contribution in [0.1, 0.15) is 24.1 Å². The van der Waals surface area contributed by atoms with Gasteiger partial charge in [-0.05, 0) is 43.7 Å². The first-order valence-electron chi connectivity index (χ1n) is 10.00. The number of ether oxygens (including phenoxy) is 2. The number of aliphatic hydroxyl groups is 1. The molecule has 0 fully saturated rings. The standard InChI is InChI=1S/C23H25N3O4S/c1-14(6-8-16-5-4-10-30-16)26-12-18(27)21(22(26)24)23-25-17(13-31-23)15-7-9-19(28-2)20(11-15)29-3/h4-5,7,9-11,13-14,24,27H,6,8,12H2,1-3H3/t14-/m0/s1. The molecule has 4 rings (SSSR count). The van der Waals surface area contributed by atoms with E-state index in [1.807, 2.05) is 40.6 Å². The molecule has 1 aromatic carbocycles. The van der Waals surface area contributed by atoms with Crippen molar-refractivity contribution in [2.24, 2.45) is 0 Å². The van der Waals surface area contributed by atoms with Gasteiger partial charge in [-0.25, -0.2) is 4.98 Å². The molecule has 0 unspecified atom stereocenters. The van der Waals surface area contributed by atoms with E-state index in [-0.39, 0.29) is 11.8 Å². The Kier molecular flexibility index (Phi) is 5.99. The zero-order chi connectivity index (χ0) is 22.0. The molecule has 0 saturated heterocycles. The Labute approximate surface area is 185 Å². The maximum atomic E-state index is 10.6. The van der Waals surface area contributed by atoms with Crippen LogP contribution in [0.15, 0.2) is 52.2 Å². The topological polar surface area (TPSA) is 91.8 Å². The van der Waals surface area contributed by atoms with E-state index in [9.17, 15) is 5.11 Å². The summed E-state index contributed by atoms with van der Waals surface area (Å²) in [7, 11) is 3.19. The number of rotatable bonds is 8. The summed E-state index contributed by atoms with van der Waals surface area (Å²) in [5.41, 5.74) is 2.15. The van der Waals surface area contributed by atoms with Crippen molar-refractivity contribution in [2.45, 2.75) is 25.8 Å². The SMILES string of the molecule is COc1ccc(-c2csc(C3=C(O)CN([C@@H](C)CCc4ccco4)C3=N)n2)cc1OC. The number of hydrogen-bond donors (Lipinski definition) is 2. The normalized spacial score (nSPS) is 14.9. The number of hydrogen-bond acceptors (Lipinski definition) is 7. The highest BCUT2D eigenvalue weighted by molar-refractivity contribution is 7.11. The van der Waals surface area contributed by atoms with Crippen molar-refractivity contribution in [2.75, 3.05) is 20.8 Å². The molecular formula is C23H25N3O4S. The van der Waals surface area contributed by atoms with Gasteiger partial charge in [0.25, 0.3) is 0 Å². The molecular weight excluding hydrogens is 414 g/mol. The Bertz CT molecular complexity index is 1100. The fraction of sp³-hybridized carbons (Fsp3) is 0.304. The van der Waals surface area contributed by atoms with Crippen molar-refractivity contribution in [3.05, 3.63) is 58.5 Å². The minimum absolute atomic E-state index is 0.0857. The Morgan fingerprint density at radius 2 is 2.06 bits per heavy atom. The number of aliphatic hydroxyl groups excluding tert-OH is 1. The molecule has 3 aromatic rings.